The van der Waals surface area contributed by atoms with E-state index in [0.717, 1.165) is 17.7 Å². The third-order valence-electron chi connectivity index (χ3n) is 5.46. The fraction of sp³-hybridized carbons (Fsp3) is 0.222. The maximum absolute atomic E-state index is 12.8. The molecule has 8 nitrogen and oxygen atoms in total. The summed E-state index contributed by atoms with van der Waals surface area (Å²) in [5.41, 5.74) is 2.22. The van der Waals surface area contributed by atoms with E-state index in [0.29, 0.717) is 29.0 Å². The molecule has 0 radical (unpaired) electrons. The molecular formula is C27H25ClF3N3O5. The topological polar surface area (TPSA) is 117 Å². The second-order valence-corrected chi connectivity index (χ2v) is 8.85. The molecule has 0 heterocycles. The molecule has 0 aliphatic heterocycles. The Morgan fingerprint density at radius 3 is 2.28 bits per heavy atom. The average Bonchev–Trinajstić information content (AvgIpc) is 2.87. The normalized spacial score (nSPS) is 11.8. The minimum absolute atomic E-state index is 0.0107. The molecule has 0 aliphatic rings. The number of ether oxygens (including phenoxy) is 1. The minimum Gasteiger partial charge on any atom is -0.481 e. The first kappa shape index (κ1) is 29.3. The van der Waals surface area contributed by atoms with Crippen LogP contribution in [0.2, 0.25) is 5.02 Å². The molecule has 0 saturated carbocycles. The number of rotatable bonds is 11. The molecule has 0 fully saturated rings. The number of hydrogen-bond acceptors (Lipinski definition) is 4. The maximum Gasteiger partial charge on any atom is 0.573 e. The Balaban J connectivity index is 1.69. The molecular weight excluding hydrogens is 539 g/mol. The van der Waals surface area contributed by atoms with Gasteiger partial charge in [-0.2, -0.15) is 0 Å². The Kier molecular flexibility index (Phi) is 10.2. The van der Waals surface area contributed by atoms with Gasteiger partial charge in [0, 0.05) is 22.8 Å². The van der Waals surface area contributed by atoms with Crippen molar-refractivity contribution in [3.63, 3.8) is 0 Å². The molecule has 0 bridgehead atoms. The molecule has 3 rings (SSSR count). The molecule has 0 spiro atoms. The van der Waals surface area contributed by atoms with Gasteiger partial charge in [-0.1, -0.05) is 35.9 Å². The van der Waals surface area contributed by atoms with Crippen molar-refractivity contribution >= 4 is 35.2 Å². The molecule has 0 saturated heterocycles. The number of aryl methyl sites for hydroxylation is 1. The van der Waals surface area contributed by atoms with E-state index in [9.17, 15) is 27.6 Å². The number of carbonyl (C=O) groups is 3. The van der Waals surface area contributed by atoms with Gasteiger partial charge in [0.05, 0.1) is 12.5 Å². The van der Waals surface area contributed by atoms with Crippen LogP contribution in [0.25, 0.3) is 0 Å². The molecule has 0 aromatic heterocycles. The SMILES string of the molecule is O=C(O)CCNC(=O)c1ccc(C(CCc2cccc(Cl)c2)NC(=O)Nc2ccc(OC(F)(F)F)cc2)cc1. The third kappa shape index (κ3) is 10.2. The van der Waals surface area contributed by atoms with Crippen LogP contribution in [0.1, 0.15) is 40.4 Å². The number of carboxylic acids is 1. The third-order valence-corrected chi connectivity index (χ3v) is 5.70. The Labute approximate surface area is 227 Å². The molecule has 4 N–H and O–H groups in total. The molecule has 39 heavy (non-hydrogen) atoms. The first-order valence-electron chi connectivity index (χ1n) is 11.8. The summed E-state index contributed by atoms with van der Waals surface area (Å²) in [6.07, 6.45) is -3.99. The maximum atomic E-state index is 12.8. The van der Waals surface area contributed by atoms with Gasteiger partial charge in [0.1, 0.15) is 5.75 Å². The van der Waals surface area contributed by atoms with Gasteiger partial charge in [-0.25, -0.2) is 4.79 Å². The molecule has 206 valence electrons. The number of hydrogen-bond donors (Lipinski definition) is 4. The number of carbonyl (C=O) groups excluding carboxylic acids is 2. The van der Waals surface area contributed by atoms with Crippen LogP contribution in [0.5, 0.6) is 5.75 Å². The summed E-state index contributed by atoms with van der Waals surface area (Å²) >= 11 is 6.08. The van der Waals surface area contributed by atoms with Crippen molar-refractivity contribution in [1.29, 1.82) is 0 Å². The van der Waals surface area contributed by atoms with Crippen LogP contribution in [0.15, 0.2) is 72.8 Å². The Morgan fingerprint density at radius 2 is 1.67 bits per heavy atom. The van der Waals surface area contributed by atoms with Gasteiger partial charge in [-0.05, 0) is 72.5 Å². The highest BCUT2D eigenvalue weighted by molar-refractivity contribution is 6.30. The lowest BCUT2D eigenvalue weighted by atomic mass is 9.98. The van der Waals surface area contributed by atoms with Gasteiger partial charge in [0.15, 0.2) is 0 Å². The van der Waals surface area contributed by atoms with E-state index in [1.165, 1.54) is 12.1 Å². The standard InChI is InChI=1S/C27H25ClF3N3O5/c28-20-3-1-2-17(16-20)4-13-23(18-5-7-19(8-6-18)25(37)32-15-14-24(35)36)34-26(38)33-21-9-11-22(12-10-21)39-27(29,30)31/h1-3,5-12,16,23H,4,13-15H2,(H,32,37)(H,35,36)(H2,33,34,38). The summed E-state index contributed by atoms with van der Waals surface area (Å²) in [4.78, 5) is 35.7. The average molecular weight is 564 g/mol. The fourth-order valence-corrected chi connectivity index (χ4v) is 3.86. The number of anilines is 1. The summed E-state index contributed by atoms with van der Waals surface area (Å²) in [5.74, 6) is -1.87. The van der Waals surface area contributed by atoms with Crippen molar-refractivity contribution in [1.82, 2.24) is 10.6 Å². The minimum atomic E-state index is -4.82. The first-order chi connectivity index (χ1) is 18.5. The van der Waals surface area contributed by atoms with Gasteiger partial charge in [-0.3, -0.25) is 9.59 Å². The lowest BCUT2D eigenvalue weighted by Crippen LogP contribution is -2.33. The highest BCUT2D eigenvalue weighted by Crippen LogP contribution is 2.25. The predicted molar refractivity (Wildman–Crippen MR) is 139 cm³/mol. The van der Waals surface area contributed by atoms with E-state index in [1.807, 2.05) is 18.2 Å². The summed E-state index contributed by atoms with van der Waals surface area (Å²) in [6, 6.07) is 17.4. The summed E-state index contributed by atoms with van der Waals surface area (Å²) in [7, 11) is 0. The summed E-state index contributed by atoms with van der Waals surface area (Å²) < 4.78 is 41.0. The van der Waals surface area contributed by atoms with Crippen molar-refractivity contribution in [2.75, 3.05) is 11.9 Å². The predicted octanol–water partition coefficient (Wildman–Crippen LogP) is 5.94. The Bertz CT molecular complexity index is 1290. The molecule has 3 aromatic rings. The highest BCUT2D eigenvalue weighted by Gasteiger charge is 2.31. The van der Waals surface area contributed by atoms with Crippen molar-refractivity contribution in [2.45, 2.75) is 31.7 Å². The van der Waals surface area contributed by atoms with E-state index < -0.39 is 36.1 Å². The lowest BCUT2D eigenvalue weighted by Gasteiger charge is -2.20. The van der Waals surface area contributed by atoms with E-state index in [4.69, 9.17) is 16.7 Å². The van der Waals surface area contributed by atoms with Gasteiger partial charge >= 0.3 is 18.4 Å². The fourth-order valence-electron chi connectivity index (χ4n) is 3.64. The molecule has 3 aromatic carbocycles. The quantitative estimate of drug-likeness (QED) is 0.230. The monoisotopic (exact) mass is 563 g/mol. The number of amides is 3. The van der Waals surface area contributed by atoms with E-state index >= 15 is 0 Å². The van der Waals surface area contributed by atoms with Crippen LogP contribution in [0.3, 0.4) is 0 Å². The van der Waals surface area contributed by atoms with Crippen LogP contribution < -0.4 is 20.7 Å². The number of urea groups is 1. The number of benzene rings is 3. The highest BCUT2D eigenvalue weighted by atomic mass is 35.5. The molecule has 3 amide bonds. The summed E-state index contributed by atoms with van der Waals surface area (Å²) in [5, 5.41) is 17.3. The second kappa shape index (κ2) is 13.5. The van der Waals surface area contributed by atoms with Crippen molar-refractivity contribution < 1.29 is 37.4 Å². The van der Waals surface area contributed by atoms with Gasteiger partial charge in [0.2, 0.25) is 0 Å². The van der Waals surface area contributed by atoms with E-state index in [2.05, 4.69) is 20.7 Å². The number of aliphatic carboxylic acids is 1. The molecule has 1 unspecified atom stereocenters. The molecule has 0 aliphatic carbocycles. The Morgan fingerprint density at radius 1 is 0.974 bits per heavy atom. The largest absolute Gasteiger partial charge is 0.573 e. The molecule has 1 atom stereocenters. The van der Waals surface area contributed by atoms with Crippen LogP contribution in [0, 0.1) is 0 Å². The van der Waals surface area contributed by atoms with Gasteiger partial charge in [0.25, 0.3) is 5.91 Å². The zero-order valence-corrected chi connectivity index (χ0v) is 21.2. The van der Waals surface area contributed by atoms with Crippen LogP contribution in [-0.4, -0.2) is 35.9 Å². The van der Waals surface area contributed by atoms with Crippen molar-refractivity contribution in [3.05, 3.63) is 94.5 Å². The van der Waals surface area contributed by atoms with Crippen molar-refractivity contribution in [2.24, 2.45) is 0 Å². The number of halogens is 4. The Hall–Kier alpha value is -4.25. The van der Waals surface area contributed by atoms with E-state index in [-0.39, 0.29) is 18.7 Å². The van der Waals surface area contributed by atoms with Crippen LogP contribution >= 0.6 is 11.6 Å². The summed E-state index contributed by atoms with van der Waals surface area (Å²) in [6.45, 7) is -0.0107. The molecule has 12 heteroatoms. The van der Waals surface area contributed by atoms with Gasteiger partial charge < -0.3 is 25.8 Å². The zero-order valence-electron chi connectivity index (χ0n) is 20.4. The first-order valence-corrected chi connectivity index (χ1v) is 12.1. The van der Waals surface area contributed by atoms with Crippen LogP contribution in [-0.2, 0) is 11.2 Å². The van der Waals surface area contributed by atoms with Gasteiger partial charge in [-0.15, -0.1) is 13.2 Å². The number of alkyl halides is 3. The van der Waals surface area contributed by atoms with Crippen LogP contribution in [0.4, 0.5) is 23.7 Å². The second-order valence-electron chi connectivity index (χ2n) is 8.41. The number of nitrogens with one attached hydrogen (secondary N) is 3. The smallest absolute Gasteiger partial charge is 0.481 e. The zero-order chi connectivity index (χ0) is 28.4. The van der Waals surface area contributed by atoms with Crippen molar-refractivity contribution in [3.8, 4) is 5.75 Å². The number of carboxylic acid groups (broad SMARTS) is 1. The lowest BCUT2D eigenvalue weighted by molar-refractivity contribution is -0.274. The van der Waals surface area contributed by atoms with E-state index in [1.54, 1.807) is 30.3 Å².